The molecule has 0 bridgehead atoms. The first-order valence-corrected chi connectivity index (χ1v) is 8.52. The number of halogens is 3. The number of nitrogens with zero attached hydrogens (tertiary/aromatic N) is 2. The third kappa shape index (κ3) is 3.82. The molecule has 3 aromatic rings. The van der Waals surface area contributed by atoms with Gasteiger partial charge in [0.2, 0.25) is 0 Å². The largest absolute Gasteiger partial charge is 0.457 e. The van der Waals surface area contributed by atoms with Gasteiger partial charge in [0.1, 0.15) is 11.8 Å². The second-order valence-electron chi connectivity index (χ2n) is 5.30. The number of esters is 1. The van der Waals surface area contributed by atoms with Crippen LogP contribution in [0.25, 0.3) is 5.69 Å². The highest BCUT2D eigenvalue weighted by molar-refractivity contribution is 6.36. The molecule has 3 rings (SSSR count). The van der Waals surface area contributed by atoms with Crippen LogP contribution < -0.4 is 0 Å². The predicted octanol–water partition coefficient (Wildman–Crippen LogP) is 5.50. The van der Waals surface area contributed by atoms with Gasteiger partial charge in [-0.05, 0) is 37.3 Å². The fourth-order valence-corrected chi connectivity index (χ4v) is 3.12. The Balaban J connectivity index is 1.80. The van der Waals surface area contributed by atoms with Crippen LogP contribution in [0.1, 0.15) is 21.6 Å². The van der Waals surface area contributed by atoms with Crippen molar-refractivity contribution in [2.45, 2.75) is 13.5 Å². The summed E-state index contributed by atoms with van der Waals surface area (Å²) in [7, 11) is 0. The van der Waals surface area contributed by atoms with Gasteiger partial charge in [0, 0.05) is 10.6 Å². The van der Waals surface area contributed by atoms with Gasteiger partial charge in [0.25, 0.3) is 0 Å². The van der Waals surface area contributed by atoms with Crippen molar-refractivity contribution in [3.8, 4) is 5.69 Å². The van der Waals surface area contributed by atoms with Crippen LogP contribution in [-0.2, 0) is 11.3 Å². The van der Waals surface area contributed by atoms with Crippen molar-refractivity contribution >= 4 is 40.8 Å². The van der Waals surface area contributed by atoms with Crippen LogP contribution in [0.3, 0.4) is 0 Å². The highest BCUT2D eigenvalue weighted by Gasteiger charge is 2.18. The van der Waals surface area contributed by atoms with E-state index in [2.05, 4.69) is 5.10 Å². The highest BCUT2D eigenvalue weighted by Crippen LogP contribution is 2.26. The Bertz CT molecular complexity index is 924. The van der Waals surface area contributed by atoms with Crippen LogP contribution in [0.2, 0.25) is 15.2 Å². The van der Waals surface area contributed by atoms with Crippen LogP contribution in [0.4, 0.5) is 0 Å². The monoisotopic (exact) mass is 394 g/mol. The standard InChI is InChI=1S/C18H13Cl3N2O2/c1-11-15(17(21)23(22-11)13-5-3-2-4-6-13)10-25-18(24)14-8-7-12(19)9-16(14)20/h2-9H,10H2,1H3. The lowest BCUT2D eigenvalue weighted by Gasteiger charge is -2.07. The third-order valence-electron chi connectivity index (χ3n) is 3.62. The van der Waals surface area contributed by atoms with Crippen molar-refractivity contribution in [1.29, 1.82) is 0 Å². The Hall–Kier alpha value is -2.01. The first-order chi connectivity index (χ1) is 12.0. The summed E-state index contributed by atoms with van der Waals surface area (Å²) in [5, 5.41) is 5.50. The second-order valence-corrected chi connectivity index (χ2v) is 6.50. The number of carbonyl (C=O) groups is 1. The van der Waals surface area contributed by atoms with Crippen LogP contribution in [0.5, 0.6) is 0 Å². The first kappa shape index (κ1) is 17.8. The zero-order valence-electron chi connectivity index (χ0n) is 13.2. The Kier molecular flexibility index (Phi) is 5.33. The lowest BCUT2D eigenvalue weighted by atomic mass is 10.2. The Morgan fingerprint density at radius 3 is 2.52 bits per heavy atom. The minimum absolute atomic E-state index is 0.00467. The molecule has 0 amide bonds. The molecule has 0 aliphatic heterocycles. The molecule has 1 heterocycles. The third-order valence-corrected chi connectivity index (χ3v) is 4.56. The Morgan fingerprint density at radius 2 is 1.84 bits per heavy atom. The van der Waals surface area contributed by atoms with E-state index in [-0.39, 0.29) is 17.2 Å². The van der Waals surface area contributed by atoms with E-state index in [0.717, 1.165) is 5.69 Å². The molecule has 2 aromatic carbocycles. The van der Waals surface area contributed by atoms with Gasteiger partial charge in [-0.25, -0.2) is 9.48 Å². The number of carbonyl (C=O) groups excluding carboxylic acids is 1. The summed E-state index contributed by atoms with van der Waals surface area (Å²) in [6, 6.07) is 14.1. The minimum atomic E-state index is -0.551. The molecule has 0 aliphatic carbocycles. The number of hydrogen-bond donors (Lipinski definition) is 0. The topological polar surface area (TPSA) is 44.1 Å². The molecule has 0 saturated heterocycles. The van der Waals surface area contributed by atoms with E-state index in [1.807, 2.05) is 37.3 Å². The molecule has 128 valence electrons. The molecule has 0 saturated carbocycles. The fourth-order valence-electron chi connectivity index (χ4n) is 2.31. The van der Waals surface area contributed by atoms with Crippen molar-refractivity contribution < 1.29 is 9.53 Å². The minimum Gasteiger partial charge on any atom is -0.457 e. The van der Waals surface area contributed by atoms with Crippen molar-refractivity contribution in [3.05, 3.63) is 80.6 Å². The maximum Gasteiger partial charge on any atom is 0.339 e. The molecule has 0 unspecified atom stereocenters. The van der Waals surface area contributed by atoms with Gasteiger partial charge in [-0.1, -0.05) is 53.0 Å². The van der Waals surface area contributed by atoms with Gasteiger partial charge < -0.3 is 4.74 Å². The molecule has 0 fully saturated rings. The molecule has 1 aromatic heterocycles. The van der Waals surface area contributed by atoms with E-state index in [0.29, 0.717) is 21.4 Å². The summed E-state index contributed by atoms with van der Waals surface area (Å²) in [6.07, 6.45) is 0. The average Bonchev–Trinajstić information content (AvgIpc) is 2.88. The summed E-state index contributed by atoms with van der Waals surface area (Å²) >= 11 is 18.3. The van der Waals surface area contributed by atoms with Crippen LogP contribution in [0, 0.1) is 6.92 Å². The van der Waals surface area contributed by atoms with Crippen LogP contribution >= 0.6 is 34.8 Å². The molecule has 7 heteroatoms. The Morgan fingerprint density at radius 1 is 1.12 bits per heavy atom. The van der Waals surface area contributed by atoms with E-state index in [4.69, 9.17) is 39.5 Å². The first-order valence-electron chi connectivity index (χ1n) is 7.39. The van der Waals surface area contributed by atoms with Crippen LogP contribution in [0.15, 0.2) is 48.5 Å². The quantitative estimate of drug-likeness (QED) is 0.548. The number of hydrogen-bond acceptors (Lipinski definition) is 3. The number of ether oxygens (including phenoxy) is 1. The van der Waals surface area contributed by atoms with Gasteiger partial charge in [0.05, 0.1) is 22.0 Å². The number of benzene rings is 2. The molecule has 4 nitrogen and oxygen atoms in total. The van der Waals surface area contributed by atoms with Crippen molar-refractivity contribution in [2.24, 2.45) is 0 Å². The maximum atomic E-state index is 12.2. The van der Waals surface area contributed by atoms with E-state index in [1.165, 1.54) is 12.1 Å². The van der Waals surface area contributed by atoms with Gasteiger partial charge in [-0.15, -0.1) is 0 Å². The summed E-state index contributed by atoms with van der Waals surface area (Å²) in [6.45, 7) is 1.80. The zero-order chi connectivity index (χ0) is 18.0. The van der Waals surface area contributed by atoms with Crippen LogP contribution in [-0.4, -0.2) is 15.7 Å². The molecule has 25 heavy (non-hydrogen) atoms. The van der Waals surface area contributed by atoms with E-state index < -0.39 is 5.97 Å². The van der Waals surface area contributed by atoms with E-state index in [9.17, 15) is 4.79 Å². The smallest absolute Gasteiger partial charge is 0.339 e. The van der Waals surface area contributed by atoms with Gasteiger partial charge in [-0.3, -0.25) is 0 Å². The van der Waals surface area contributed by atoms with Gasteiger partial charge >= 0.3 is 5.97 Å². The van der Waals surface area contributed by atoms with Crippen molar-refractivity contribution in [1.82, 2.24) is 9.78 Å². The lowest BCUT2D eigenvalue weighted by molar-refractivity contribution is 0.0472. The molecule has 0 radical (unpaired) electrons. The normalized spacial score (nSPS) is 10.7. The SMILES string of the molecule is Cc1nn(-c2ccccc2)c(Cl)c1COC(=O)c1ccc(Cl)cc1Cl. The lowest BCUT2D eigenvalue weighted by Crippen LogP contribution is -2.06. The maximum absolute atomic E-state index is 12.2. The fraction of sp³-hybridized carbons (Fsp3) is 0.111. The van der Waals surface area contributed by atoms with Gasteiger partial charge in [-0.2, -0.15) is 5.10 Å². The number of rotatable bonds is 4. The van der Waals surface area contributed by atoms with E-state index >= 15 is 0 Å². The summed E-state index contributed by atoms with van der Waals surface area (Å²) in [5.74, 6) is -0.551. The number of aromatic nitrogens is 2. The molecule has 0 atom stereocenters. The highest BCUT2D eigenvalue weighted by atomic mass is 35.5. The zero-order valence-corrected chi connectivity index (χ0v) is 15.4. The molecule has 0 spiro atoms. The second kappa shape index (κ2) is 7.48. The average molecular weight is 396 g/mol. The van der Waals surface area contributed by atoms with Crippen molar-refractivity contribution in [3.63, 3.8) is 0 Å². The number of aryl methyl sites for hydroxylation is 1. The number of para-hydroxylation sites is 1. The Labute approximate surface area is 159 Å². The summed E-state index contributed by atoms with van der Waals surface area (Å²) in [4.78, 5) is 12.2. The predicted molar refractivity (Wildman–Crippen MR) is 98.9 cm³/mol. The molecular weight excluding hydrogens is 383 g/mol. The summed E-state index contributed by atoms with van der Waals surface area (Å²) < 4.78 is 6.95. The van der Waals surface area contributed by atoms with Gasteiger partial charge in [0.15, 0.2) is 0 Å². The molecular formula is C18H13Cl3N2O2. The molecule has 0 N–H and O–H groups in total. The van der Waals surface area contributed by atoms with E-state index in [1.54, 1.807) is 10.7 Å². The summed E-state index contributed by atoms with van der Waals surface area (Å²) in [5.41, 5.74) is 2.40. The van der Waals surface area contributed by atoms with Crippen molar-refractivity contribution in [2.75, 3.05) is 0 Å². The molecule has 0 aliphatic rings.